The Morgan fingerprint density at radius 3 is 2.52 bits per heavy atom. The molecule has 0 saturated carbocycles. The summed E-state index contributed by atoms with van der Waals surface area (Å²) in [5, 5.41) is 0. The second-order valence-electron chi connectivity index (χ2n) is 6.33. The Bertz CT molecular complexity index is 502. The summed E-state index contributed by atoms with van der Waals surface area (Å²) in [4.78, 5) is 14.9. The van der Waals surface area contributed by atoms with Crippen molar-refractivity contribution in [2.75, 3.05) is 26.7 Å². The fourth-order valence-corrected chi connectivity index (χ4v) is 2.99. The lowest BCUT2D eigenvalue weighted by atomic mass is 9.97. The van der Waals surface area contributed by atoms with E-state index < -0.39 is 0 Å². The van der Waals surface area contributed by atoms with Gasteiger partial charge in [0.25, 0.3) is 0 Å². The average Bonchev–Trinajstić information content (AvgIpc) is 2.48. The van der Waals surface area contributed by atoms with Crippen molar-refractivity contribution in [1.82, 2.24) is 4.90 Å². The van der Waals surface area contributed by atoms with Gasteiger partial charge in [-0.3, -0.25) is 4.79 Å². The van der Waals surface area contributed by atoms with E-state index >= 15 is 0 Å². The van der Waals surface area contributed by atoms with Gasteiger partial charge in [0.15, 0.2) is 5.78 Å². The number of methoxy groups -OCH3 is 1. The van der Waals surface area contributed by atoms with E-state index in [1.165, 1.54) is 12.8 Å². The van der Waals surface area contributed by atoms with Crippen molar-refractivity contribution in [3.8, 4) is 5.75 Å². The van der Waals surface area contributed by atoms with Gasteiger partial charge in [-0.15, -0.1) is 0 Å². The van der Waals surface area contributed by atoms with Crippen molar-refractivity contribution in [3.05, 3.63) is 28.8 Å². The van der Waals surface area contributed by atoms with Crippen LogP contribution in [0.15, 0.2) is 12.1 Å². The number of Topliss-reactive ketones (excluding diaryl/α,β-unsaturated/α-hetero) is 1. The van der Waals surface area contributed by atoms with E-state index in [0.29, 0.717) is 6.42 Å². The predicted molar refractivity (Wildman–Crippen MR) is 86.3 cm³/mol. The maximum atomic E-state index is 12.5. The first kappa shape index (κ1) is 16.0. The number of benzene rings is 1. The molecule has 0 aliphatic carbocycles. The second-order valence-corrected chi connectivity index (χ2v) is 6.33. The summed E-state index contributed by atoms with van der Waals surface area (Å²) in [5.74, 6) is 1.94. The zero-order chi connectivity index (χ0) is 15.4. The molecule has 21 heavy (non-hydrogen) atoms. The summed E-state index contributed by atoms with van der Waals surface area (Å²) in [6.45, 7) is 9.44. The van der Waals surface area contributed by atoms with Gasteiger partial charge in [0.05, 0.1) is 7.11 Å². The van der Waals surface area contributed by atoms with Crippen molar-refractivity contribution in [3.63, 3.8) is 0 Å². The zero-order valence-corrected chi connectivity index (χ0v) is 13.7. The van der Waals surface area contributed by atoms with Gasteiger partial charge in [-0.25, -0.2) is 0 Å². The van der Waals surface area contributed by atoms with Gasteiger partial charge in [-0.05, 0) is 69.0 Å². The van der Waals surface area contributed by atoms with Crippen LogP contribution in [0.1, 0.15) is 47.7 Å². The number of hydrogen-bond acceptors (Lipinski definition) is 3. The minimum absolute atomic E-state index is 0.247. The molecule has 116 valence electrons. The van der Waals surface area contributed by atoms with Crippen LogP contribution in [-0.4, -0.2) is 37.4 Å². The first-order chi connectivity index (χ1) is 10.0. The van der Waals surface area contributed by atoms with Crippen molar-refractivity contribution >= 4 is 5.78 Å². The number of hydrogen-bond donors (Lipinski definition) is 0. The molecule has 0 unspecified atom stereocenters. The Balaban J connectivity index is 1.96. The summed E-state index contributed by atoms with van der Waals surface area (Å²) in [6, 6.07) is 3.93. The lowest BCUT2D eigenvalue weighted by Gasteiger charge is -2.29. The van der Waals surface area contributed by atoms with E-state index in [0.717, 1.165) is 48.0 Å². The van der Waals surface area contributed by atoms with Crippen LogP contribution in [0.4, 0.5) is 0 Å². The fourth-order valence-electron chi connectivity index (χ4n) is 2.99. The van der Waals surface area contributed by atoms with Gasteiger partial charge in [-0.1, -0.05) is 6.92 Å². The van der Waals surface area contributed by atoms with Crippen molar-refractivity contribution in [2.24, 2.45) is 5.92 Å². The Morgan fingerprint density at radius 2 is 1.90 bits per heavy atom. The second kappa shape index (κ2) is 7.08. The monoisotopic (exact) mass is 289 g/mol. The summed E-state index contributed by atoms with van der Waals surface area (Å²) < 4.78 is 5.31. The summed E-state index contributed by atoms with van der Waals surface area (Å²) in [5.41, 5.74) is 2.88. The van der Waals surface area contributed by atoms with Crippen LogP contribution in [-0.2, 0) is 0 Å². The molecule has 2 rings (SSSR count). The highest BCUT2D eigenvalue weighted by Crippen LogP contribution is 2.24. The largest absolute Gasteiger partial charge is 0.496 e. The van der Waals surface area contributed by atoms with Crippen LogP contribution in [0.3, 0.4) is 0 Å². The third kappa shape index (κ3) is 4.07. The minimum Gasteiger partial charge on any atom is -0.496 e. The Kier molecular flexibility index (Phi) is 5.40. The molecule has 3 heteroatoms. The highest BCUT2D eigenvalue weighted by Gasteiger charge is 2.18. The highest BCUT2D eigenvalue weighted by molar-refractivity contribution is 5.98. The molecule has 0 radical (unpaired) electrons. The SMILES string of the molecule is COc1cc(C)c(C(=O)CCN2CCC(C)CC2)cc1C. The lowest BCUT2D eigenvalue weighted by molar-refractivity contribution is 0.0952. The van der Waals surface area contributed by atoms with Gasteiger partial charge < -0.3 is 9.64 Å². The van der Waals surface area contributed by atoms with Gasteiger partial charge in [-0.2, -0.15) is 0 Å². The normalized spacial score (nSPS) is 17.0. The van der Waals surface area contributed by atoms with Crippen LogP contribution in [0, 0.1) is 19.8 Å². The smallest absolute Gasteiger partial charge is 0.164 e. The number of carbonyl (C=O) groups excluding carboxylic acids is 1. The molecule has 0 N–H and O–H groups in total. The molecule has 3 nitrogen and oxygen atoms in total. The molecule has 0 bridgehead atoms. The van der Waals surface area contributed by atoms with Gasteiger partial charge in [0, 0.05) is 18.5 Å². The molecule has 0 atom stereocenters. The Morgan fingerprint density at radius 1 is 1.24 bits per heavy atom. The molecular weight excluding hydrogens is 262 g/mol. The number of ether oxygens (including phenoxy) is 1. The van der Waals surface area contributed by atoms with E-state index in [1.807, 2.05) is 26.0 Å². The van der Waals surface area contributed by atoms with Crippen LogP contribution in [0.5, 0.6) is 5.75 Å². The number of aryl methyl sites for hydroxylation is 2. The number of nitrogens with zero attached hydrogens (tertiary/aromatic N) is 1. The van der Waals surface area contributed by atoms with Gasteiger partial charge in [0.2, 0.25) is 0 Å². The first-order valence-electron chi connectivity index (χ1n) is 7.92. The Hall–Kier alpha value is -1.35. The van der Waals surface area contributed by atoms with Crippen LogP contribution in [0.25, 0.3) is 0 Å². The quantitative estimate of drug-likeness (QED) is 0.775. The van der Waals surface area contributed by atoms with E-state index in [-0.39, 0.29) is 5.78 Å². The van der Waals surface area contributed by atoms with Crippen molar-refractivity contribution in [1.29, 1.82) is 0 Å². The molecule has 1 saturated heterocycles. The summed E-state index contributed by atoms with van der Waals surface area (Å²) >= 11 is 0. The molecule has 0 spiro atoms. The molecule has 1 heterocycles. The van der Waals surface area contributed by atoms with Crippen LogP contribution in [0.2, 0.25) is 0 Å². The van der Waals surface area contributed by atoms with Crippen molar-refractivity contribution in [2.45, 2.75) is 40.0 Å². The third-order valence-corrected chi connectivity index (χ3v) is 4.57. The van der Waals surface area contributed by atoms with Crippen LogP contribution < -0.4 is 4.74 Å². The zero-order valence-electron chi connectivity index (χ0n) is 13.7. The molecular formula is C18H27NO2. The molecule has 0 aromatic heterocycles. The number of rotatable bonds is 5. The topological polar surface area (TPSA) is 29.5 Å². The van der Waals surface area contributed by atoms with Crippen LogP contribution >= 0.6 is 0 Å². The number of carbonyl (C=O) groups is 1. The van der Waals surface area contributed by atoms with Gasteiger partial charge >= 0.3 is 0 Å². The third-order valence-electron chi connectivity index (χ3n) is 4.57. The summed E-state index contributed by atoms with van der Waals surface area (Å²) in [6.07, 6.45) is 3.13. The molecule has 1 aliphatic heterocycles. The molecule has 1 fully saturated rings. The Labute approximate surface area is 128 Å². The summed E-state index contributed by atoms with van der Waals surface area (Å²) in [7, 11) is 1.67. The van der Waals surface area contributed by atoms with E-state index in [2.05, 4.69) is 11.8 Å². The van der Waals surface area contributed by atoms with Gasteiger partial charge in [0.1, 0.15) is 5.75 Å². The molecule has 1 aromatic carbocycles. The van der Waals surface area contributed by atoms with E-state index in [1.54, 1.807) is 7.11 Å². The maximum Gasteiger partial charge on any atom is 0.164 e. The molecule has 0 amide bonds. The number of ketones is 1. The fraction of sp³-hybridized carbons (Fsp3) is 0.611. The van der Waals surface area contributed by atoms with Crippen molar-refractivity contribution < 1.29 is 9.53 Å². The lowest BCUT2D eigenvalue weighted by Crippen LogP contribution is -2.34. The number of piperidine rings is 1. The predicted octanol–water partition coefficient (Wildman–Crippen LogP) is 3.62. The van der Waals surface area contributed by atoms with E-state index in [4.69, 9.17) is 4.74 Å². The molecule has 1 aromatic rings. The highest BCUT2D eigenvalue weighted by atomic mass is 16.5. The number of likely N-dealkylation sites (tertiary alicyclic amines) is 1. The maximum absolute atomic E-state index is 12.5. The first-order valence-corrected chi connectivity index (χ1v) is 7.92. The molecule has 1 aliphatic rings. The van der Waals surface area contributed by atoms with E-state index in [9.17, 15) is 4.79 Å². The standard InChI is InChI=1S/C18H27NO2/c1-13-5-8-19(9-6-13)10-7-17(20)16-11-15(3)18(21-4)12-14(16)2/h11-13H,5-10H2,1-4H3. The minimum atomic E-state index is 0.247. The average molecular weight is 289 g/mol.